The van der Waals surface area contributed by atoms with Crippen molar-refractivity contribution in [3.8, 4) is 0 Å². The van der Waals surface area contributed by atoms with Crippen LogP contribution in [-0.2, 0) is 9.59 Å². The average molecular weight is 472 g/mol. The lowest BCUT2D eigenvalue weighted by Crippen LogP contribution is -2.32. The predicted molar refractivity (Wildman–Crippen MR) is 107 cm³/mol. The van der Waals surface area contributed by atoms with E-state index in [2.05, 4.69) is 11.9 Å². The molecule has 0 aliphatic heterocycles. The Morgan fingerprint density at radius 1 is 1.42 bits per heavy atom. The number of hydrogen-bond acceptors (Lipinski definition) is 3. The first kappa shape index (κ1) is 20.4. The number of aliphatic carboxylic acids is 1. The summed E-state index contributed by atoms with van der Waals surface area (Å²) in [5.74, 6) is -1.86. The smallest absolute Gasteiger partial charge is 0.333 e. The van der Waals surface area contributed by atoms with Gasteiger partial charge in [0.1, 0.15) is 5.82 Å². The molecular weight excluding hydrogens is 450 g/mol. The Hall–Kier alpha value is -1.90. The molecule has 1 aromatic rings. The molecular formula is C19H22FIN2O3. The molecule has 0 bridgehead atoms. The van der Waals surface area contributed by atoms with Crippen molar-refractivity contribution in [2.45, 2.75) is 45.6 Å². The van der Waals surface area contributed by atoms with Gasteiger partial charge in [-0.15, -0.1) is 0 Å². The number of benzene rings is 1. The quantitative estimate of drug-likeness (QED) is 0.432. The lowest BCUT2D eigenvalue weighted by atomic mass is 10.1. The van der Waals surface area contributed by atoms with Gasteiger partial charge in [0.2, 0.25) is 5.91 Å². The number of allylic oxidation sites excluding steroid dienone is 1. The number of anilines is 1. The molecule has 1 aromatic carbocycles. The fraction of sp³-hybridized carbons (Fsp3) is 0.368. The average Bonchev–Trinajstić information content (AvgIpc) is 3.34. The molecule has 0 atom stereocenters. The number of nitrogens with one attached hydrogen (secondary N) is 1. The second kappa shape index (κ2) is 8.66. The van der Waals surface area contributed by atoms with E-state index in [-0.39, 0.29) is 41.7 Å². The summed E-state index contributed by atoms with van der Waals surface area (Å²) in [5.41, 5.74) is 1.05. The molecule has 0 aromatic heterocycles. The van der Waals surface area contributed by atoms with Crippen molar-refractivity contribution in [3.63, 3.8) is 0 Å². The van der Waals surface area contributed by atoms with Gasteiger partial charge in [-0.05, 0) is 67.0 Å². The van der Waals surface area contributed by atoms with Crippen molar-refractivity contribution >= 4 is 40.2 Å². The first-order valence-electron chi connectivity index (χ1n) is 8.39. The van der Waals surface area contributed by atoms with Crippen LogP contribution in [-0.4, -0.2) is 27.9 Å². The van der Waals surface area contributed by atoms with Crippen LogP contribution in [0.2, 0.25) is 0 Å². The summed E-state index contributed by atoms with van der Waals surface area (Å²) in [4.78, 5) is 26.0. The predicted octanol–water partition coefficient (Wildman–Crippen LogP) is 4.51. The van der Waals surface area contributed by atoms with Crippen LogP contribution in [0.3, 0.4) is 0 Å². The summed E-state index contributed by atoms with van der Waals surface area (Å²) in [6.07, 6.45) is 1.89. The van der Waals surface area contributed by atoms with E-state index in [4.69, 9.17) is 0 Å². The fourth-order valence-corrected chi connectivity index (χ4v) is 3.22. The summed E-state index contributed by atoms with van der Waals surface area (Å²) in [7, 11) is 0. The van der Waals surface area contributed by atoms with Crippen molar-refractivity contribution in [2.24, 2.45) is 0 Å². The molecule has 0 saturated heterocycles. The summed E-state index contributed by atoms with van der Waals surface area (Å²) < 4.78 is 14.9. The Balaban J connectivity index is 2.34. The number of carbonyl (C=O) groups is 2. The third-order valence-electron chi connectivity index (χ3n) is 4.11. The minimum atomic E-state index is -1.12. The van der Waals surface area contributed by atoms with Gasteiger partial charge in [-0.2, -0.15) is 0 Å². The highest BCUT2D eigenvalue weighted by Crippen LogP contribution is 2.31. The molecule has 2 rings (SSSR count). The standard InChI is InChI=1S/C19H22FIN2O3/c1-4-14(19(25)26)17(22-16-8-5-12(21)9-15(16)20)10-18(24)23(11(2)3)13-6-7-13/h5,8-9,13,22H,2,4,6-7,10H2,1,3H3,(H,25,26)/b17-14+. The van der Waals surface area contributed by atoms with Crippen LogP contribution in [0.25, 0.3) is 0 Å². The van der Waals surface area contributed by atoms with Crippen LogP contribution in [0.1, 0.15) is 39.5 Å². The first-order chi connectivity index (χ1) is 12.2. The number of amides is 1. The van der Waals surface area contributed by atoms with E-state index < -0.39 is 11.8 Å². The molecule has 2 N–H and O–H groups in total. The van der Waals surface area contributed by atoms with Crippen molar-refractivity contribution < 1.29 is 19.1 Å². The van der Waals surface area contributed by atoms with Crippen molar-refractivity contribution in [1.29, 1.82) is 0 Å². The SMILES string of the molecule is C=C(C)N(C(=O)C/C(Nc1ccc(I)cc1F)=C(/CC)C(=O)O)C1CC1. The van der Waals surface area contributed by atoms with E-state index in [1.807, 2.05) is 22.6 Å². The second-order valence-electron chi connectivity index (χ2n) is 6.27. The zero-order valence-corrected chi connectivity index (χ0v) is 17.0. The molecule has 1 aliphatic rings. The molecule has 7 heteroatoms. The van der Waals surface area contributed by atoms with Crippen LogP contribution >= 0.6 is 22.6 Å². The van der Waals surface area contributed by atoms with E-state index in [1.165, 1.54) is 12.1 Å². The summed E-state index contributed by atoms with van der Waals surface area (Å²) >= 11 is 1.99. The fourth-order valence-electron chi connectivity index (χ4n) is 2.77. The zero-order chi connectivity index (χ0) is 19.4. The highest BCUT2D eigenvalue weighted by atomic mass is 127. The van der Waals surface area contributed by atoms with Crippen LogP contribution in [0.15, 0.2) is 41.7 Å². The van der Waals surface area contributed by atoms with Crippen LogP contribution < -0.4 is 5.32 Å². The summed E-state index contributed by atoms with van der Waals surface area (Å²) in [6, 6.07) is 4.72. The number of carboxylic acids is 1. The second-order valence-corrected chi connectivity index (χ2v) is 7.52. The lowest BCUT2D eigenvalue weighted by molar-refractivity contribution is -0.132. The Morgan fingerprint density at radius 2 is 2.08 bits per heavy atom. The molecule has 5 nitrogen and oxygen atoms in total. The molecule has 0 heterocycles. The third kappa shape index (κ3) is 5.06. The van der Waals surface area contributed by atoms with Crippen molar-refractivity contribution in [3.05, 3.63) is 51.1 Å². The molecule has 0 spiro atoms. The van der Waals surface area contributed by atoms with Crippen LogP contribution in [0.4, 0.5) is 10.1 Å². The molecule has 1 saturated carbocycles. The lowest BCUT2D eigenvalue weighted by Gasteiger charge is -2.24. The molecule has 140 valence electrons. The topological polar surface area (TPSA) is 69.6 Å². The number of carboxylic acid groups (broad SMARTS) is 1. The highest BCUT2D eigenvalue weighted by Gasteiger charge is 2.33. The Kier molecular flexibility index (Phi) is 6.80. The maximum Gasteiger partial charge on any atom is 0.333 e. The van der Waals surface area contributed by atoms with E-state index in [1.54, 1.807) is 24.8 Å². The van der Waals surface area contributed by atoms with Crippen LogP contribution in [0, 0.1) is 9.39 Å². The van der Waals surface area contributed by atoms with Gasteiger partial charge in [0.15, 0.2) is 0 Å². The number of hydrogen-bond donors (Lipinski definition) is 2. The first-order valence-corrected chi connectivity index (χ1v) is 9.47. The van der Waals surface area contributed by atoms with Gasteiger partial charge in [-0.1, -0.05) is 13.5 Å². The van der Waals surface area contributed by atoms with Gasteiger partial charge in [-0.25, -0.2) is 9.18 Å². The Bertz CT molecular complexity index is 772. The summed E-state index contributed by atoms with van der Waals surface area (Å²) in [5, 5.41) is 12.3. The minimum Gasteiger partial charge on any atom is -0.478 e. The van der Waals surface area contributed by atoms with E-state index in [0.717, 1.165) is 16.4 Å². The van der Waals surface area contributed by atoms with Crippen LogP contribution in [0.5, 0.6) is 0 Å². The van der Waals surface area contributed by atoms with Gasteiger partial charge in [0.25, 0.3) is 0 Å². The van der Waals surface area contributed by atoms with Gasteiger partial charge in [0, 0.05) is 21.0 Å². The van der Waals surface area contributed by atoms with E-state index >= 15 is 0 Å². The van der Waals surface area contributed by atoms with Gasteiger partial charge < -0.3 is 15.3 Å². The molecule has 26 heavy (non-hydrogen) atoms. The third-order valence-corrected chi connectivity index (χ3v) is 4.78. The maximum absolute atomic E-state index is 14.2. The van der Waals surface area contributed by atoms with Gasteiger partial charge in [0.05, 0.1) is 17.7 Å². The minimum absolute atomic E-state index is 0.0637. The number of nitrogens with zero attached hydrogens (tertiary/aromatic N) is 1. The number of rotatable bonds is 8. The van der Waals surface area contributed by atoms with Gasteiger partial charge in [-0.3, -0.25) is 4.79 Å². The zero-order valence-electron chi connectivity index (χ0n) is 14.8. The molecule has 1 fully saturated rings. The molecule has 1 amide bonds. The normalized spacial score (nSPS) is 14.5. The molecule has 0 radical (unpaired) electrons. The number of carbonyl (C=O) groups excluding carboxylic acids is 1. The van der Waals surface area contributed by atoms with Crippen molar-refractivity contribution in [1.82, 2.24) is 4.90 Å². The summed E-state index contributed by atoms with van der Waals surface area (Å²) in [6.45, 7) is 7.29. The monoisotopic (exact) mass is 472 g/mol. The van der Waals surface area contributed by atoms with E-state index in [9.17, 15) is 19.1 Å². The van der Waals surface area contributed by atoms with Crippen molar-refractivity contribution in [2.75, 3.05) is 5.32 Å². The maximum atomic E-state index is 14.2. The number of halogens is 2. The molecule has 0 unspecified atom stereocenters. The largest absolute Gasteiger partial charge is 0.478 e. The van der Waals surface area contributed by atoms with Gasteiger partial charge >= 0.3 is 5.97 Å². The highest BCUT2D eigenvalue weighted by molar-refractivity contribution is 14.1. The Labute approximate surface area is 166 Å². The van der Waals surface area contributed by atoms with E-state index in [0.29, 0.717) is 5.70 Å². The molecule has 1 aliphatic carbocycles. The Morgan fingerprint density at radius 3 is 2.54 bits per heavy atom.